The number of aryl methyl sites for hydroxylation is 1. The molecule has 1 aromatic carbocycles. The number of benzene rings is 1. The van der Waals surface area contributed by atoms with Gasteiger partial charge in [0.1, 0.15) is 17.1 Å². The van der Waals surface area contributed by atoms with Crippen LogP contribution in [0.15, 0.2) is 46.6 Å². The van der Waals surface area contributed by atoms with Gasteiger partial charge in [0, 0.05) is 11.8 Å². The van der Waals surface area contributed by atoms with Gasteiger partial charge in [-0.3, -0.25) is 4.79 Å². The van der Waals surface area contributed by atoms with E-state index >= 15 is 0 Å². The van der Waals surface area contributed by atoms with Crippen LogP contribution in [0, 0.1) is 12.7 Å². The highest BCUT2D eigenvalue weighted by Gasteiger charge is 2.37. The van der Waals surface area contributed by atoms with Crippen LogP contribution < -0.4 is 16.0 Å². The standard InChI is InChI=1S/C17H15FN2O4/c1-8-7-11-13(16(21)20-8)12(9-3-5-10(18)6-4-9)14(15(19)24-11)17(22)23-2/h3-7,12H,19H2,1-2H3,(H,20,21)/t12-/m1/s1. The Hall–Kier alpha value is -3.09. The molecule has 6 nitrogen and oxygen atoms in total. The average molecular weight is 330 g/mol. The molecule has 0 unspecified atom stereocenters. The summed E-state index contributed by atoms with van der Waals surface area (Å²) in [5.41, 5.74) is 6.83. The number of fused-ring (bicyclic) bond motifs is 1. The molecule has 0 spiro atoms. The molecule has 3 N–H and O–H groups in total. The summed E-state index contributed by atoms with van der Waals surface area (Å²) < 4.78 is 23.5. The SMILES string of the molecule is COC(=O)C1=C(N)Oc2cc(C)[nH]c(=O)c2[C@H]1c1ccc(F)cc1. The molecule has 0 amide bonds. The number of nitrogens with two attached hydrogens (primary N) is 1. The van der Waals surface area contributed by atoms with Crippen LogP contribution in [0.5, 0.6) is 5.75 Å². The van der Waals surface area contributed by atoms with Crippen molar-refractivity contribution in [3.05, 3.63) is 74.8 Å². The summed E-state index contributed by atoms with van der Waals surface area (Å²) in [5.74, 6) is -1.84. The van der Waals surface area contributed by atoms with Gasteiger partial charge in [0.2, 0.25) is 5.88 Å². The number of H-pyrrole nitrogens is 1. The fraction of sp³-hybridized carbons (Fsp3) is 0.176. The van der Waals surface area contributed by atoms with E-state index in [9.17, 15) is 14.0 Å². The zero-order chi connectivity index (χ0) is 17.4. The lowest BCUT2D eigenvalue weighted by Gasteiger charge is -2.27. The van der Waals surface area contributed by atoms with Gasteiger partial charge in [0.15, 0.2) is 0 Å². The zero-order valence-corrected chi connectivity index (χ0v) is 13.1. The summed E-state index contributed by atoms with van der Waals surface area (Å²) in [6.45, 7) is 1.70. The van der Waals surface area contributed by atoms with Crippen LogP contribution in [0.1, 0.15) is 22.7 Å². The number of aromatic amines is 1. The number of hydrogen-bond acceptors (Lipinski definition) is 5. The molecule has 24 heavy (non-hydrogen) atoms. The minimum atomic E-state index is -0.814. The van der Waals surface area contributed by atoms with E-state index in [4.69, 9.17) is 15.2 Å². The monoisotopic (exact) mass is 330 g/mol. The molecule has 0 fully saturated rings. The van der Waals surface area contributed by atoms with Gasteiger partial charge in [-0.2, -0.15) is 0 Å². The fourth-order valence-electron chi connectivity index (χ4n) is 2.80. The average Bonchev–Trinajstić information content (AvgIpc) is 2.53. The third kappa shape index (κ3) is 2.54. The number of pyridine rings is 1. The van der Waals surface area contributed by atoms with Crippen LogP contribution >= 0.6 is 0 Å². The van der Waals surface area contributed by atoms with Crippen molar-refractivity contribution in [1.82, 2.24) is 4.98 Å². The van der Waals surface area contributed by atoms with Crippen molar-refractivity contribution in [3.8, 4) is 5.75 Å². The van der Waals surface area contributed by atoms with E-state index in [1.807, 2.05) is 0 Å². The van der Waals surface area contributed by atoms with Crippen molar-refractivity contribution in [2.75, 3.05) is 7.11 Å². The normalized spacial score (nSPS) is 16.4. The van der Waals surface area contributed by atoms with Gasteiger partial charge in [-0.15, -0.1) is 0 Å². The van der Waals surface area contributed by atoms with Crippen LogP contribution in [-0.4, -0.2) is 18.1 Å². The van der Waals surface area contributed by atoms with E-state index in [1.165, 1.54) is 31.4 Å². The van der Waals surface area contributed by atoms with Crippen molar-refractivity contribution in [1.29, 1.82) is 0 Å². The number of nitrogens with one attached hydrogen (secondary N) is 1. The zero-order valence-electron chi connectivity index (χ0n) is 13.1. The van der Waals surface area contributed by atoms with E-state index < -0.39 is 23.3 Å². The highest BCUT2D eigenvalue weighted by molar-refractivity contribution is 5.92. The molecule has 1 aliphatic heterocycles. The van der Waals surface area contributed by atoms with Gasteiger partial charge < -0.3 is 20.2 Å². The summed E-state index contributed by atoms with van der Waals surface area (Å²) >= 11 is 0. The Balaban J connectivity index is 2.29. The molecule has 2 aromatic rings. The first kappa shape index (κ1) is 15.8. The third-order valence-electron chi connectivity index (χ3n) is 3.84. The number of esters is 1. The van der Waals surface area contributed by atoms with Crippen LogP contribution in [-0.2, 0) is 9.53 Å². The summed E-state index contributed by atoms with van der Waals surface area (Å²) in [6, 6.07) is 7.10. The molecule has 1 aliphatic rings. The van der Waals surface area contributed by atoms with Gasteiger partial charge >= 0.3 is 5.97 Å². The molecule has 0 radical (unpaired) electrons. The Morgan fingerprint density at radius 1 is 1.33 bits per heavy atom. The smallest absolute Gasteiger partial charge is 0.340 e. The molecular formula is C17H15FN2O4. The Labute approximate surface area is 136 Å². The number of carbonyl (C=O) groups excluding carboxylic acids is 1. The lowest BCUT2D eigenvalue weighted by Crippen LogP contribution is -2.31. The van der Waals surface area contributed by atoms with Crippen LogP contribution in [0.2, 0.25) is 0 Å². The van der Waals surface area contributed by atoms with E-state index in [2.05, 4.69) is 4.98 Å². The Morgan fingerprint density at radius 3 is 2.62 bits per heavy atom. The molecule has 124 valence electrons. The Bertz CT molecular complexity index is 900. The van der Waals surface area contributed by atoms with E-state index in [0.29, 0.717) is 11.3 Å². The van der Waals surface area contributed by atoms with Gasteiger partial charge in [0.25, 0.3) is 5.56 Å². The lowest BCUT2D eigenvalue weighted by molar-refractivity contribution is -0.136. The highest BCUT2D eigenvalue weighted by Crippen LogP contribution is 2.40. The fourth-order valence-corrected chi connectivity index (χ4v) is 2.80. The number of aromatic nitrogens is 1. The molecule has 0 saturated carbocycles. The van der Waals surface area contributed by atoms with Gasteiger partial charge in [-0.05, 0) is 24.6 Å². The lowest BCUT2D eigenvalue weighted by atomic mass is 9.83. The topological polar surface area (TPSA) is 94.4 Å². The molecule has 0 bridgehead atoms. The second kappa shape index (κ2) is 5.84. The number of halogens is 1. The van der Waals surface area contributed by atoms with Crippen molar-refractivity contribution in [2.45, 2.75) is 12.8 Å². The first-order valence-corrected chi connectivity index (χ1v) is 7.17. The predicted octanol–water partition coefficient (Wildman–Crippen LogP) is 1.69. The van der Waals surface area contributed by atoms with Crippen molar-refractivity contribution in [2.24, 2.45) is 5.73 Å². The maximum Gasteiger partial charge on any atom is 0.340 e. The molecule has 0 saturated heterocycles. The van der Waals surface area contributed by atoms with Crippen molar-refractivity contribution >= 4 is 5.97 Å². The highest BCUT2D eigenvalue weighted by atomic mass is 19.1. The number of methoxy groups -OCH3 is 1. The largest absolute Gasteiger partial charge is 0.465 e. The van der Waals surface area contributed by atoms with E-state index in [1.54, 1.807) is 13.0 Å². The third-order valence-corrected chi connectivity index (χ3v) is 3.84. The van der Waals surface area contributed by atoms with Crippen molar-refractivity contribution < 1.29 is 18.7 Å². The maximum absolute atomic E-state index is 13.3. The quantitative estimate of drug-likeness (QED) is 0.817. The van der Waals surface area contributed by atoms with E-state index in [-0.39, 0.29) is 22.8 Å². The first-order chi connectivity index (χ1) is 11.4. The van der Waals surface area contributed by atoms with Gasteiger partial charge in [0.05, 0.1) is 18.6 Å². The summed E-state index contributed by atoms with van der Waals surface area (Å²) in [5, 5.41) is 0. The Kier molecular flexibility index (Phi) is 3.84. The molecule has 1 atom stereocenters. The second-order valence-corrected chi connectivity index (χ2v) is 5.42. The van der Waals surface area contributed by atoms with Gasteiger partial charge in [-0.25, -0.2) is 9.18 Å². The maximum atomic E-state index is 13.3. The van der Waals surface area contributed by atoms with E-state index in [0.717, 1.165) is 0 Å². The van der Waals surface area contributed by atoms with Crippen molar-refractivity contribution in [3.63, 3.8) is 0 Å². The molecule has 3 rings (SSSR count). The van der Waals surface area contributed by atoms with Gasteiger partial charge in [-0.1, -0.05) is 12.1 Å². The molecule has 0 aliphatic carbocycles. The summed E-state index contributed by atoms with van der Waals surface area (Å²) in [4.78, 5) is 27.3. The minimum absolute atomic E-state index is 0.00552. The number of ether oxygens (including phenoxy) is 2. The van der Waals surface area contributed by atoms with Crippen LogP contribution in [0.3, 0.4) is 0 Å². The number of carbonyl (C=O) groups is 1. The molecule has 2 heterocycles. The second-order valence-electron chi connectivity index (χ2n) is 5.42. The molecule has 7 heteroatoms. The molecule has 1 aromatic heterocycles. The number of hydrogen-bond donors (Lipinski definition) is 2. The summed E-state index contributed by atoms with van der Waals surface area (Å²) in [7, 11) is 1.21. The van der Waals surface area contributed by atoms with Crippen LogP contribution in [0.25, 0.3) is 0 Å². The Morgan fingerprint density at radius 2 is 2.00 bits per heavy atom. The molecular weight excluding hydrogens is 315 g/mol. The summed E-state index contributed by atoms with van der Waals surface area (Å²) in [6.07, 6.45) is 0. The first-order valence-electron chi connectivity index (χ1n) is 7.17. The minimum Gasteiger partial charge on any atom is -0.465 e. The predicted molar refractivity (Wildman–Crippen MR) is 83.9 cm³/mol. The van der Waals surface area contributed by atoms with Crippen LogP contribution in [0.4, 0.5) is 4.39 Å². The number of rotatable bonds is 2.